The third kappa shape index (κ3) is 4.19. The first-order chi connectivity index (χ1) is 14.8. The van der Waals surface area contributed by atoms with Crippen LogP contribution in [0.4, 0.5) is 0 Å². The minimum atomic E-state index is -0.219. The number of rotatable bonds is 5. The molecule has 0 aliphatic heterocycles. The van der Waals surface area contributed by atoms with Gasteiger partial charge in [0, 0.05) is 29.4 Å². The number of hydrogen-bond donors (Lipinski definition) is 1. The number of benzene rings is 2. The van der Waals surface area contributed by atoms with Crippen LogP contribution in [0.5, 0.6) is 0 Å². The lowest BCUT2D eigenvalue weighted by Gasteiger charge is -2.14. The molecule has 2 heterocycles. The second kappa shape index (κ2) is 8.52. The molecule has 6 heteroatoms. The molecule has 0 bridgehead atoms. The van der Waals surface area contributed by atoms with E-state index < -0.39 is 0 Å². The fourth-order valence-corrected chi connectivity index (χ4v) is 4.02. The van der Waals surface area contributed by atoms with Crippen LogP contribution < -0.4 is 5.32 Å². The number of hydrogen-bond acceptors (Lipinski definition) is 3. The molecule has 0 radical (unpaired) electrons. The van der Waals surface area contributed by atoms with Crippen LogP contribution in [-0.2, 0) is 13.0 Å². The normalized spacial score (nSPS) is 11.1. The highest BCUT2D eigenvalue weighted by atomic mass is 35.5. The number of nitrogens with one attached hydrogen (secondary N) is 1. The van der Waals surface area contributed by atoms with Gasteiger partial charge in [0.25, 0.3) is 5.91 Å². The molecule has 0 aliphatic carbocycles. The molecule has 0 aliphatic rings. The van der Waals surface area contributed by atoms with E-state index in [-0.39, 0.29) is 5.91 Å². The van der Waals surface area contributed by atoms with Crippen LogP contribution in [-0.4, -0.2) is 20.5 Å². The average Bonchev–Trinajstić information content (AvgIpc) is 3.16. The Morgan fingerprint density at radius 1 is 1.06 bits per heavy atom. The maximum atomic E-state index is 12.8. The summed E-state index contributed by atoms with van der Waals surface area (Å²) in [7, 11) is 0. The van der Waals surface area contributed by atoms with Crippen molar-refractivity contribution in [3.8, 4) is 0 Å². The number of amides is 1. The van der Waals surface area contributed by atoms with Crippen LogP contribution in [0.15, 0.2) is 48.7 Å². The summed E-state index contributed by atoms with van der Waals surface area (Å²) in [5.74, 6) is -0.219. The predicted molar refractivity (Wildman–Crippen MR) is 124 cm³/mol. The summed E-state index contributed by atoms with van der Waals surface area (Å²) in [5, 5.41) is 8.02. The van der Waals surface area contributed by atoms with Gasteiger partial charge in [-0.05, 0) is 56.0 Å². The van der Waals surface area contributed by atoms with Gasteiger partial charge < -0.3 is 5.32 Å². The Balaban J connectivity index is 1.64. The Kier molecular flexibility index (Phi) is 5.79. The Labute approximate surface area is 187 Å². The number of fused-ring (bicyclic) bond motifs is 1. The molecule has 4 aromatic rings. The Morgan fingerprint density at radius 2 is 1.84 bits per heavy atom. The van der Waals surface area contributed by atoms with Crippen molar-refractivity contribution in [3.05, 3.63) is 98.5 Å². The highest BCUT2D eigenvalue weighted by Crippen LogP contribution is 2.23. The zero-order chi connectivity index (χ0) is 22.1. The van der Waals surface area contributed by atoms with Crippen molar-refractivity contribution < 1.29 is 4.79 Å². The van der Waals surface area contributed by atoms with Crippen LogP contribution in [0.2, 0.25) is 5.02 Å². The quantitative estimate of drug-likeness (QED) is 0.475. The van der Waals surface area contributed by atoms with Gasteiger partial charge >= 0.3 is 0 Å². The van der Waals surface area contributed by atoms with Crippen LogP contribution in [0.3, 0.4) is 0 Å². The smallest absolute Gasteiger partial charge is 0.257 e. The summed E-state index contributed by atoms with van der Waals surface area (Å²) in [6.45, 7) is 8.59. The van der Waals surface area contributed by atoms with E-state index in [9.17, 15) is 4.79 Å². The van der Waals surface area contributed by atoms with Crippen molar-refractivity contribution >= 4 is 23.2 Å². The van der Waals surface area contributed by atoms with Gasteiger partial charge in [-0.2, -0.15) is 5.10 Å². The van der Waals surface area contributed by atoms with Crippen molar-refractivity contribution in [2.45, 2.75) is 40.7 Å². The van der Waals surface area contributed by atoms with Crippen molar-refractivity contribution in [1.82, 2.24) is 19.9 Å². The van der Waals surface area contributed by atoms with Crippen molar-refractivity contribution in [2.24, 2.45) is 0 Å². The minimum absolute atomic E-state index is 0.219. The highest BCUT2D eigenvalue weighted by molar-refractivity contribution is 6.31. The number of nitrogens with zero attached hydrogens (tertiary/aromatic N) is 3. The molecule has 0 saturated carbocycles. The first-order valence-electron chi connectivity index (χ1n) is 10.3. The molecular formula is C25H25ClN4O. The third-order valence-electron chi connectivity index (χ3n) is 5.72. The molecule has 2 aromatic heterocycles. The molecule has 0 fully saturated rings. The predicted octanol–water partition coefficient (Wildman–Crippen LogP) is 5.14. The van der Waals surface area contributed by atoms with E-state index in [2.05, 4.69) is 42.5 Å². The lowest BCUT2D eigenvalue weighted by atomic mass is 9.97. The summed E-state index contributed by atoms with van der Waals surface area (Å²) < 4.78 is 1.76. The van der Waals surface area contributed by atoms with E-state index in [1.807, 2.05) is 38.1 Å². The van der Waals surface area contributed by atoms with Crippen molar-refractivity contribution in [1.29, 1.82) is 0 Å². The second-order valence-electron chi connectivity index (χ2n) is 7.94. The summed E-state index contributed by atoms with van der Waals surface area (Å²) in [6.07, 6.45) is 2.36. The molecule has 158 valence electrons. The molecule has 0 saturated heterocycles. The van der Waals surface area contributed by atoms with Crippen LogP contribution in [0, 0.1) is 27.7 Å². The van der Waals surface area contributed by atoms with Gasteiger partial charge in [0.2, 0.25) is 0 Å². The second-order valence-corrected chi connectivity index (χ2v) is 8.34. The standard InChI is InChI=1S/C25H25ClN4O/c1-15-9-10-16(2)20(11-15)12-21-17(3)29-24-22(14-28-30(24)18(21)4)25(31)27-13-19-7-5-6-8-23(19)26/h5-11,14H,12-13H2,1-4H3,(H,27,31). The molecule has 1 amide bonds. The zero-order valence-electron chi connectivity index (χ0n) is 18.2. The monoisotopic (exact) mass is 432 g/mol. The maximum Gasteiger partial charge on any atom is 0.257 e. The Bertz CT molecular complexity index is 1290. The molecule has 4 rings (SSSR count). The topological polar surface area (TPSA) is 59.3 Å². The van der Waals surface area contributed by atoms with Gasteiger partial charge in [-0.15, -0.1) is 0 Å². The largest absolute Gasteiger partial charge is 0.348 e. The van der Waals surface area contributed by atoms with Gasteiger partial charge in [0.1, 0.15) is 5.56 Å². The third-order valence-corrected chi connectivity index (χ3v) is 6.09. The van der Waals surface area contributed by atoms with Gasteiger partial charge in [0.05, 0.1) is 6.20 Å². The number of carbonyl (C=O) groups excluding carboxylic acids is 1. The molecule has 1 N–H and O–H groups in total. The average molecular weight is 433 g/mol. The number of aryl methyl sites for hydroxylation is 4. The molecule has 5 nitrogen and oxygen atoms in total. The van der Waals surface area contributed by atoms with Gasteiger partial charge in [0.15, 0.2) is 5.65 Å². The summed E-state index contributed by atoms with van der Waals surface area (Å²) >= 11 is 6.19. The molecular weight excluding hydrogens is 408 g/mol. The molecule has 0 spiro atoms. The first kappa shape index (κ1) is 21.1. The van der Waals surface area contributed by atoms with Crippen molar-refractivity contribution in [3.63, 3.8) is 0 Å². The fraction of sp³-hybridized carbons (Fsp3) is 0.240. The Morgan fingerprint density at radius 3 is 2.61 bits per heavy atom. The number of halogens is 1. The summed E-state index contributed by atoms with van der Waals surface area (Å²) in [5.41, 5.74) is 8.69. The number of aromatic nitrogens is 3. The van der Waals surface area contributed by atoms with Gasteiger partial charge in [-0.1, -0.05) is 53.6 Å². The van der Waals surface area contributed by atoms with Crippen molar-refractivity contribution in [2.75, 3.05) is 0 Å². The summed E-state index contributed by atoms with van der Waals surface area (Å²) in [4.78, 5) is 17.6. The van der Waals surface area contributed by atoms with E-state index >= 15 is 0 Å². The van der Waals surface area contributed by atoms with E-state index in [4.69, 9.17) is 16.6 Å². The maximum absolute atomic E-state index is 12.8. The lowest BCUT2D eigenvalue weighted by Crippen LogP contribution is -2.23. The lowest BCUT2D eigenvalue weighted by molar-refractivity contribution is 0.0952. The highest BCUT2D eigenvalue weighted by Gasteiger charge is 2.19. The van der Waals surface area contributed by atoms with Gasteiger partial charge in [-0.3, -0.25) is 4.79 Å². The van der Waals surface area contributed by atoms with E-state index in [1.54, 1.807) is 10.7 Å². The van der Waals surface area contributed by atoms with E-state index in [0.29, 0.717) is 22.8 Å². The zero-order valence-corrected chi connectivity index (χ0v) is 18.9. The minimum Gasteiger partial charge on any atom is -0.348 e. The van der Waals surface area contributed by atoms with E-state index in [1.165, 1.54) is 16.7 Å². The van der Waals surface area contributed by atoms with Crippen LogP contribution >= 0.6 is 11.6 Å². The number of carbonyl (C=O) groups is 1. The van der Waals surface area contributed by atoms with Crippen LogP contribution in [0.1, 0.15) is 49.6 Å². The molecule has 2 aromatic carbocycles. The molecule has 31 heavy (non-hydrogen) atoms. The first-order valence-corrected chi connectivity index (χ1v) is 10.6. The molecule has 0 unspecified atom stereocenters. The Hall–Kier alpha value is -3.18. The van der Waals surface area contributed by atoms with E-state index in [0.717, 1.165) is 28.9 Å². The SMILES string of the molecule is Cc1ccc(C)c(Cc2c(C)nc3c(C(=O)NCc4ccccc4Cl)cnn3c2C)c1. The summed E-state index contributed by atoms with van der Waals surface area (Å²) in [6, 6.07) is 14.0. The fourth-order valence-electron chi connectivity index (χ4n) is 3.82. The molecule has 0 atom stereocenters. The van der Waals surface area contributed by atoms with Gasteiger partial charge in [-0.25, -0.2) is 9.50 Å². The van der Waals surface area contributed by atoms with Crippen LogP contribution in [0.25, 0.3) is 5.65 Å².